The van der Waals surface area contributed by atoms with E-state index in [9.17, 15) is 19.2 Å². The number of ether oxygens (including phenoxy) is 1. The van der Waals surface area contributed by atoms with E-state index in [0.29, 0.717) is 25.9 Å². The summed E-state index contributed by atoms with van der Waals surface area (Å²) in [5.74, 6) is -0.945. The maximum Gasteiger partial charge on any atom is 0.327 e. The molecule has 2 aliphatic rings. The Morgan fingerprint density at radius 1 is 1.17 bits per heavy atom. The van der Waals surface area contributed by atoms with Gasteiger partial charge in [-0.1, -0.05) is 0 Å². The third kappa shape index (κ3) is 3.46. The zero-order chi connectivity index (χ0) is 17.4. The molecule has 4 amide bonds. The molecule has 128 valence electrons. The number of carbonyl (C=O) groups excluding carboxylic acids is 4. The Hall–Kier alpha value is -2.12. The van der Waals surface area contributed by atoms with Gasteiger partial charge in [-0.2, -0.15) is 0 Å². The average Bonchev–Trinajstić information content (AvgIpc) is 2.73. The van der Waals surface area contributed by atoms with Crippen LogP contribution in [0.3, 0.4) is 0 Å². The van der Waals surface area contributed by atoms with Crippen LogP contribution in [0, 0.1) is 0 Å². The zero-order valence-electron chi connectivity index (χ0n) is 14.0. The number of amides is 4. The molecule has 0 aromatic carbocycles. The molecule has 0 bridgehead atoms. The number of hydrogen-bond donors (Lipinski definition) is 0. The van der Waals surface area contributed by atoms with E-state index in [-0.39, 0.29) is 30.4 Å². The maximum atomic E-state index is 12.5. The topological polar surface area (TPSA) is 87.2 Å². The first-order chi connectivity index (χ1) is 10.6. The van der Waals surface area contributed by atoms with Gasteiger partial charge in [-0.15, -0.1) is 0 Å². The number of esters is 1. The lowest BCUT2D eigenvalue weighted by atomic mass is 10.0. The third-order valence-corrected chi connectivity index (χ3v) is 4.32. The predicted molar refractivity (Wildman–Crippen MR) is 80.3 cm³/mol. The molecule has 2 fully saturated rings. The van der Waals surface area contributed by atoms with Gasteiger partial charge in [-0.25, -0.2) is 4.79 Å². The largest absolute Gasteiger partial charge is 0.450 e. The molecule has 0 saturated carbocycles. The number of urea groups is 1. The molecular weight excluding hydrogens is 302 g/mol. The summed E-state index contributed by atoms with van der Waals surface area (Å²) in [4.78, 5) is 51.5. The second-order valence-electron chi connectivity index (χ2n) is 6.49. The van der Waals surface area contributed by atoms with E-state index in [0.717, 1.165) is 4.90 Å². The maximum absolute atomic E-state index is 12.5. The van der Waals surface area contributed by atoms with Crippen molar-refractivity contribution in [1.29, 1.82) is 0 Å². The van der Waals surface area contributed by atoms with Crippen LogP contribution in [-0.2, 0) is 19.1 Å². The minimum atomic E-state index is -1.20. The molecule has 0 atom stereocenters. The molecule has 0 unspecified atom stereocenters. The van der Waals surface area contributed by atoms with Crippen LogP contribution < -0.4 is 0 Å². The van der Waals surface area contributed by atoms with Crippen LogP contribution in [0.25, 0.3) is 0 Å². The van der Waals surface area contributed by atoms with Crippen LogP contribution >= 0.6 is 0 Å². The Morgan fingerprint density at radius 2 is 1.74 bits per heavy atom. The number of likely N-dealkylation sites (N-methyl/N-ethyl adjacent to an activating group) is 1. The van der Waals surface area contributed by atoms with Crippen molar-refractivity contribution in [2.75, 3.05) is 26.7 Å². The number of likely N-dealkylation sites (tertiary alicyclic amines) is 1. The number of rotatable bonds is 3. The molecule has 0 radical (unpaired) electrons. The van der Waals surface area contributed by atoms with Crippen LogP contribution in [0.15, 0.2) is 0 Å². The van der Waals surface area contributed by atoms with Gasteiger partial charge in [0, 0.05) is 33.1 Å². The zero-order valence-corrected chi connectivity index (χ0v) is 14.0. The van der Waals surface area contributed by atoms with Crippen molar-refractivity contribution in [3.63, 3.8) is 0 Å². The first kappa shape index (κ1) is 17.2. The lowest BCUT2D eigenvalue weighted by Crippen LogP contribution is -2.53. The standard InChI is InChI=1S/C15H23N3O5/c1-10(19)23-15(2,3)13(21)17-7-5-11(6-8-17)18-9-12(20)16(4)14(18)22/h11H,5-9H2,1-4H3. The van der Waals surface area contributed by atoms with Crippen molar-refractivity contribution < 1.29 is 23.9 Å². The molecule has 0 aromatic rings. The molecule has 2 aliphatic heterocycles. The fourth-order valence-electron chi connectivity index (χ4n) is 3.07. The van der Waals surface area contributed by atoms with Gasteiger partial charge in [-0.05, 0) is 26.7 Å². The fraction of sp³-hybridized carbons (Fsp3) is 0.733. The van der Waals surface area contributed by atoms with Gasteiger partial charge in [0.15, 0.2) is 5.60 Å². The highest BCUT2D eigenvalue weighted by molar-refractivity contribution is 6.01. The van der Waals surface area contributed by atoms with Gasteiger partial charge in [0.25, 0.3) is 5.91 Å². The van der Waals surface area contributed by atoms with Crippen molar-refractivity contribution in [3.8, 4) is 0 Å². The van der Waals surface area contributed by atoms with E-state index in [1.54, 1.807) is 23.6 Å². The summed E-state index contributed by atoms with van der Waals surface area (Å²) < 4.78 is 5.08. The highest BCUT2D eigenvalue weighted by Gasteiger charge is 2.41. The summed E-state index contributed by atoms with van der Waals surface area (Å²) in [6.45, 7) is 5.45. The van der Waals surface area contributed by atoms with Gasteiger partial charge in [0.1, 0.15) is 6.54 Å². The molecular formula is C15H23N3O5. The van der Waals surface area contributed by atoms with Gasteiger partial charge in [0.05, 0.1) is 0 Å². The van der Waals surface area contributed by atoms with E-state index in [4.69, 9.17) is 4.74 Å². The summed E-state index contributed by atoms with van der Waals surface area (Å²) in [5.41, 5.74) is -1.20. The van der Waals surface area contributed by atoms with Crippen molar-refractivity contribution in [1.82, 2.24) is 14.7 Å². The van der Waals surface area contributed by atoms with Gasteiger partial charge in [-0.3, -0.25) is 19.3 Å². The normalized spacial score (nSPS) is 20.3. The van der Waals surface area contributed by atoms with Gasteiger partial charge in [0.2, 0.25) is 5.91 Å². The average molecular weight is 325 g/mol. The Kier molecular flexibility index (Phi) is 4.63. The lowest BCUT2D eigenvalue weighted by molar-refractivity contribution is -0.169. The smallest absolute Gasteiger partial charge is 0.327 e. The molecule has 0 aliphatic carbocycles. The Bertz CT molecular complexity index is 537. The Morgan fingerprint density at radius 3 is 2.17 bits per heavy atom. The molecule has 2 heterocycles. The second kappa shape index (κ2) is 6.17. The van der Waals surface area contributed by atoms with Crippen molar-refractivity contribution >= 4 is 23.8 Å². The molecule has 0 spiro atoms. The molecule has 2 saturated heterocycles. The number of carbonyl (C=O) groups is 4. The number of hydrogen-bond acceptors (Lipinski definition) is 5. The molecule has 23 heavy (non-hydrogen) atoms. The highest BCUT2D eigenvalue weighted by atomic mass is 16.6. The van der Waals surface area contributed by atoms with Crippen molar-refractivity contribution in [3.05, 3.63) is 0 Å². The number of piperidine rings is 1. The lowest BCUT2D eigenvalue weighted by Gasteiger charge is -2.38. The van der Waals surface area contributed by atoms with E-state index < -0.39 is 11.6 Å². The second-order valence-corrected chi connectivity index (χ2v) is 6.49. The van der Waals surface area contributed by atoms with Crippen LogP contribution in [0.4, 0.5) is 4.79 Å². The van der Waals surface area contributed by atoms with Crippen LogP contribution in [0.1, 0.15) is 33.6 Å². The summed E-state index contributed by atoms with van der Waals surface area (Å²) >= 11 is 0. The van der Waals surface area contributed by atoms with Gasteiger partial charge >= 0.3 is 12.0 Å². The quantitative estimate of drug-likeness (QED) is 0.547. The summed E-state index contributed by atoms with van der Waals surface area (Å²) in [7, 11) is 1.48. The monoisotopic (exact) mass is 325 g/mol. The van der Waals surface area contributed by atoms with Crippen molar-refractivity contribution in [2.24, 2.45) is 0 Å². The minimum Gasteiger partial charge on any atom is -0.450 e. The predicted octanol–water partition coefficient (Wildman–Crippen LogP) is 0.213. The van der Waals surface area contributed by atoms with E-state index >= 15 is 0 Å². The molecule has 2 rings (SSSR count). The number of nitrogens with zero attached hydrogens (tertiary/aromatic N) is 3. The van der Waals surface area contributed by atoms with E-state index in [1.165, 1.54) is 14.0 Å². The fourth-order valence-corrected chi connectivity index (χ4v) is 3.07. The van der Waals surface area contributed by atoms with E-state index in [1.807, 2.05) is 0 Å². The van der Waals surface area contributed by atoms with Crippen LogP contribution in [0.5, 0.6) is 0 Å². The number of imide groups is 1. The molecule has 0 N–H and O–H groups in total. The first-order valence-electron chi connectivity index (χ1n) is 7.69. The van der Waals surface area contributed by atoms with E-state index in [2.05, 4.69) is 0 Å². The Balaban J connectivity index is 1.94. The van der Waals surface area contributed by atoms with Crippen molar-refractivity contribution in [2.45, 2.75) is 45.3 Å². The van der Waals surface area contributed by atoms with Crippen LogP contribution in [-0.4, -0.2) is 76.8 Å². The summed E-state index contributed by atoms with van der Waals surface area (Å²) in [6.07, 6.45) is 1.21. The first-order valence-corrected chi connectivity index (χ1v) is 7.69. The molecule has 0 aromatic heterocycles. The minimum absolute atomic E-state index is 0.0442. The SMILES string of the molecule is CC(=O)OC(C)(C)C(=O)N1CCC(N2CC(=O)N(C)C2=O)CC1. The summed E-state index contributed by atoms with van der Waals surface area (Å²) in [5, 5.41) is 0. The highest BCUT2D eigenvalue weighted by Crippen LogP contribution is 2.23. The molecule has 8 heteroatoms. The van der Waals surface area contributed by atoms with Gasteiger partial charge < -0.3 is 14.5 Å². The third-order valence-electron chi connectivity index (χ3n) is 4.32. The van der Waals surface area contributed by atoms with Crippen LogP contribution in [0.2, 0.25) is 0 Å². The Labute approximate surface area is 135 Å². The molecule has 8 nitrogen and oxygen atoms in total. The summed E-state index contributed by atoms with van der Waals surface area (Å²) in [6, 6.07) is -0.322.